The van der Waals surface area contributed by atoms with E-state index in [1.165, 1.54) is 12.1 Å². The number of rotatable bonds is 6. The van der Waals surface area contributed by atoms with Crippen LogP contribution in [0.3, 0.4) is 0 Å². The summed E-state index contributed by atoms with van der Waals surface area (Å²) >= 11 is 0. The fraction of sp³-hybridized carbons (Fsp3) is 0.533. The maximum Gasteiger partial charge on any atom is 0.293 e. The van der Waals surface area contributed by atoms with Crippen LogP contribution < -0.4 is 10.8 Å². The first-order valence-electron chi connectivity index (χ1n) is 7.76. The number of anilines is 1. The van der Waals surface area contributed by atoms with Gasteiger partial charge in [-0.1, -0.05) is 0 Å². The fourth-order valence-electron chi connectivity index (χ4n) is 2.38. The van der Waals surface area contributed by atoms with Crippen LogP contribution in [-0.4, -0.2) is 29.8 Å². The van der Waals surface area contributed by atoms with Crippen LogP contribution in [0.2, 0.25) is 0 Å². The molecule has 0 aromatic heterocycles. The third kappa shape index (κ3) is 4.17. The monoisotopic (exact) mass is 321 g/mol. The Morgan fingerprint density at radius 3 is 2.78 bits per heavy atom. The maximum absolute atomic E-state index is 12.1. The molecule has 1 aromatic rings. The predicted molar refractivity (Wildman–Crippen MR) is 81.9 cm³/mol. The van der Waals surface area contributed by atoms with Gasteiger partial charge in [0.2, 0.25) is 0 Å². The molecule has 1 atom stereocenters. The minimum atomic E-state index is -0.528. The zero-order valence-corrected chi connectivity index (χ0v) is 12.6. The van der Waals surface area contributed by atoms with Crippen LogP contribution in [0.5, 0.6) is 0 Å². The molecule has 0 spiro atoms. The number of benzene rings is 1. The standard InChI is InChI=1S/C15H19N3O5/c19-15(17-23-14-3-1-2-8-22-14)10-4-7-12(16-11-5-6-11)13(9-10)18(20)21/h4,7,9,11,14,16H,1-3,5-6,8H2,(H,17,19). The second kappa shape index (κ2) is 6.93. The summed E-state index contributed by atoms with van der Waals surface area (Å²) in [5.41, 5.74) is 2.80. The summed E-state index contributed by atoms with van der Waals surface area (Å²) in [5, 5.41) is 14.3. The Labute approximate surface area is 133 Å². The van der Waals surface area contributed by atoms with Crippen molar-refractivity contribution in [3.63, 3.8) is 0 Å². The van der Waals surface area contributed by atoms with Gasteiger partial charge in [0.1, 0.15) is 5.69 Å². The number of carbonyl (C=O) groups excluding carboxylic acids is 1. The second-order valence-corrected chi connectivity index (χ2v) is 5.75. The molecule has 2 aliphatic rings. The molecule has 3 rings (SSSR count). The van der Waals surface area contributed by atoms with Gasteiger partial charge >= 0.3 is 0 Å². The molecular formula is C15H19N3O5. The Balaban J connectivity index is 1.64. The number of carbonyl (C=O) groups is 1. The summed E-state index contributed by atoms with van der Waals surface area (Å²) in [6.45, 7) is 0.605. The van der Waals surface area contributed by atoms with Crippen molar-refractivity contribution < 1.29 is 19.3 Å². The highest BCUT2D eigenvalue weighted by Crippen LogP contribution is 2.31. The van der Waals surface area contributed by atoms with Crippen molar-refractivity contribution in [1.82, 2.24) is 5.48 Å². The molecule has 23 heavy (non-hydrogen) atoms. The zero-order valence-electron chi connectivity index (χ0n) is 12.6. The maximum atomic E-state index is 12.1. The average Bonchev–Trinajstić information content (AvgIpc) is 3.37. The van der Waals surface area contributed by atoms with Gasteiger partial charge in [-0.2, -0.15) is 0 Å². The molecule has 1 aliphatic carbocycles. The van der Waals surface area contributed by atoms with Gasteiger partial charge in [-0.05, 0) is 37.8 Å². The summed E-state index contributed by atoms with van der Waals surface area (Å²) in [6.07, 6.45) is 4.23. The summed E-state index contributed by atoms with van der Waals surface area (Å²) in [7, 11) is 0. The zero-order chi connectivity index (χ0) is 16.2. The first kappa shape index (κ1) is 15.7. The van der Waals surface area contributed by atoms with E-state index < -0.39 is 17.1 Å². The van der Waals surface area contributed by atoms with Crippen LogP contribution in [0, 0.1) is 10.1 Å². The normalized spacial score (nSPS) is 20.8. The van der Waals surface area contributed by atoms with Crippen LogP contribution in [0.1, 0.15) is 42.5 Å². The van der Waals surface area contributed by atoms with Crippen molar-refractivity contribution in [2.45, 2.75) is 44.4 Å². The molecule has 1 aromatic carbocycles. The lowest BCUT2D eigenvalue weighted by molar-refractivity contribution is -0.384. The van der Waals surface area contributed by atoms with Crippen LogP contribution in [-0.2, 0) is 9.57 Å². The Bertz CT molecular complexity index is 597. The number of nitrogens with zero attached hydrogens (tertiary/aromatic N) is 1. The predicted octanol–water partition coefficient (Wildman–Crippen LogP) is 2.36. The Hall–Kier alpha value is -2.19. The summed E-state index contributed by atoms with van der Waals surface area (Å²) in [5.74, 6) is -0.528. The van der Waals surface area contributed by atoms with Gasteiger partial charge in [-0.25, -0.2) is 10.3 Å². The molecule has 2 N–H and O–H groups in total. The summed E-state index contributed by atoms with van der Waals surface area (Å²) < 4.78 is 5.34. The van der Waals surface area contributed by atoms with Crippen LogP contribution in [0.4, 0.5) is 11.4 Å². The van der Waals surface area contributed by atoms with Crippen molar-refractivity contribution in [2.24, 2.45) is 0 Å². The summed E-state index contributed by atoms with van der Waals surface area (Å²) in [4.78, 5) is 28.0. The van der Waals surface area contributed by atoms with E-state index in [1.54, 1.807) is 6.07 Å². The van der Waals surface area contributed by atoms with Crippen LogP contribution >= 0.6 is 0 Å². The van der Waals surface area contributed by atoms with Gasteiger partial charge in [0.15, 0.2) is 6.29 Å². The van der Waals surface area contributed by atoms with E-state index in [-0.39, 0.29) is 11.3 Å². The Morgan fingerprint density at radius 2 is 2.13 bits per heavy atom. The minimum absolute atomic E-state index is 0.113. The number of ether oxygens (including phenoxy) is 1. The quantitative estimate of drug-likeness (QED) is 0.616. The lowest BCUT2D eigenvalue weighted by Gasteiger charge is -2.22. The summed E-state index contributed by atoms with van der Waals surface area (Å²) in [6, 6.07) is 4.64. The van der Waals surface area contributed by atoms with E-state index in [2.05, 4.69) is 10.8 Å². The number of nitrogens with one attached hydrogen (secondary N) is 2. The van der Waals surface area contributed by atoms with Crippen molar-refractivity contribution in [2.75, 3.05) is 11.9 Å². The second-order valence-electron chi connectivity index (χ2n) is 5.75. The van der Waals surface area contributed by atoms with E-state index in [0.29, 0.717) is 24.8 Å². The first-order chi connectivity index (χ1) is 11.1. The number of nitro benzene ring substituents is 1. The number of hydrogen-bond acceptors (Lipinski definition) is 6. The third-order valence-electron chi connectivity index (χ3n) is 3.81. The highest BCUT2D eigenvalue weighted by Gasteiger charge is 2.26. The largest absolute Gasteiger partial charge is 0.377 e. The van der Waals surface area contributed by atoms with Gasteiger partial charge in [-0.3, -0.25) is 14.9 Å². The first-order valence-corrected chi connectivity index (χ1v) is 7.76. The molecule has 8 heteroatoms. The molecule has 0 bridgehead atoms. The van der Waals surface area contributed by atoms with Crippen molar-refractivity contribution >= 4 is 17.3 Å². The van der Waals surface area contributed by atoms with Gasteiger partial charge in [0, 0.05) is 30.7 Å². The highest BCUT2D eigenvalue weighted by molar-refractivity contribution is 5.95. The number of hydrogen-bond donors (Lipinski definition) is 2. The molecule has 2 fully saturated rings. The fourth-order valence-corrected chi connectivity index (χ4v) is 2.38. The smallest absolute Gasteiger partial charge is 0.293 e. The molecule has 1 aliphatic heterocycles. The number of amides is 1. The lowest BCUT2D eigenvalue weighted by Crippen LogP contribution is -2.33. The Kier molecular flexibility index (Phi) is 4.73. The molecule has 0 radical (unpaired) electrons. The van der Waals surface area contributed by atoms with E-state index in [9.17, 15) is 14.9 Å². The topological polar surface area (TPSA) is 103 Å². The van der Waals surface area contributed by atoms with Crippen molar-refractivity contribution in [3.05, 3.63) is 33.9 Å². The molecule has 1 heterocycles. The van der Waals surface area contributed by atoms with E-state index in [1.807, 2.05) is 0 Å². The van der Waals surface area contributed by atoms with Crippen LogP contribution in [0.25, 0.3) is 0 Å². The van der Waals surface area contributed by atoms with Crippen LogP contribution in [0.15, 0.2) is 18.2 Å². The van der Waals surface area contributed by atoms with E-state index in [0.717, 1.165) is 25.7 Å². The SMILES string of the molecule is O=C(NOC1CCCCO1)c1ccc(NC2CC2)c([N+](=O)[O-])c1. The minimum Gasteiger partial charge on any atom is -0.377 e. The van der Waals surface area contributed by atoms with Gasteiger partial charge < -0.3 is 10.1 Å². The van der Waals surface area contributed by atoms with Crippen molar-refractivity contribution in [1.29, 1.82) is 0 Å². The lowest BCUT2D eigenvalue weighted by atomic mass is 10.1. The van der Waals surface area contributed by atoms with Gasteiger partial charge in [0.25, 0.3) is 11.6 Å². The van der Waals surface area contributed by atoms with Crippen molar-refractivity contribution in [3.8, 4) is 0 Å². The van der Waals surface area contributed by atoms with E-state index >= 15 is 0 Å². The molecule has 1 saturated carbocycles. The molecule has 124 valence electrons. The molecule has 1 unspecified atom stereocenters. The van der Waals surface area contributed by atoms with E-state index in [4.69, 9.17) is 9.57 Å². The Morgan fingerprint density at radius 1 is 1.30 bits per heavy atom. The highest BCUT2D eigenvalue weighted by atomic mass is 16.8. The molecule has 1 amide bonds. The van der Waals surface area contributed by atoms with Gasteiger partial charge in [-0.15, -0.1) is 0 Å². The molecular weight excluding hydrogens is 302 g/mol. The molecule has 8 nitrogen and oxygen atoms in total. The number of nitro groups is 1. The number of hydroxylamine groups is 1. The third-order valence-corrected chi connectivity index (χ3v) is 3.81. The average molecular weight is 321 g/mol. The van der Waals surface area contributed by atoms with Gasteiger partial charge in [0.05, 0.1) is 4.92 Å². The molecule has 1 saturated heterocycles.